The van der Waals surface area contributed by atoms with Crippen molar-refractivity contribution in [3.8, 4) is 6.07 Å². The van der Waals surface area contributed by atoms with Crippen molar-refractivity contribution < 1.29 is 18.0 Å². The second-order valence-electron chi connectivity index (χ2n) is 4.58. The van der Waals surface area contributed by atoms with E-state index in [2.05, 4.69) is 5.32 Å². The third-order valence-corrected chi connectivity index (χ3v) is 2.82. The molecular weight excluding hydrogens is 283 g/mol. The van der Waals surface area contributed by atoms with E-state index in [9.17, 15) is 18.0 Å². The second kappa shape index (κ2) is 6.97. The lowest BCUT2D eigenvalue weighted by Crippen LogP contribution is -2.37. The third-order valence-electron chi connectivity index (χ3n) is 2.82. The third kappa shape index (κ3) is 4.99. The first-order valence-corrected chi connectivity index (χ1v) is 6.40. The van der Waals surface area contributed by atoms with Crippen molar-refractivity contribution in [3.63, 3.8) is 0 Å². The maximum atomic E-state index is 12.6. The predicted molar refractivity (Wildman–Crippen MR) is 72.5 cm³/mol. The Morgan fingerprint density at radius 1 is 1.48 bits per heavy atom. The summed E-state index contributed by atoms with van der Waals surface area (Å²) in [4.78, 5) is 13.3. The monoisotopic (exact) mass is 299 g/mol. The summed E-state index contributed by atoms with van der Waals surface area (Å²) in [5.41, 5.74) is -0.758. The molecule has 1 rings (SSSR count). The number of hydrogen-bond donors (Lipinski definition) is 1. The van der Waals surface area contributed by atoms with Crippen LogP contribution in [0, 0.1) is 17.2 Å². The van der Waals surface area contributed by atoms with Crippen LogP contribution in [0.25, 0.3) is 0 Å². The number of halogens is 3. The van der Waals surface area contributed by atoms with Gasteiger partial charge in [-0.15, -0.1) is 0 Å². The summed E-state index contributed by atoms with van der Waals surface area (Å²) in [7, 11) is 0. The number of anilines is 1. The number of rotatable bonds is 4. The number of amides is 2. The SMILES string of the molecule is CCN(CC(C)C#N)C(=O)Nc1cccc(C(F)(F)F)c1. The summed E-state index contributed by atoms with van der Waals surface area (Å²) in [5, 5.41) is 11.2. The molecule has 0 bridgehead atoms. The van der Waals surface area contributed by atoms with Crippen LogP contribution in [-0.2, 0) is 6.18 Å². The van der Waals surface area contributed by atoms with Crippen LogP contribution in [0.5, 0.6) is 0 Å². The summed E-state index contributed by atoms with van der Waals surface area (Å²) in [6.07, 6.45) is -4.46. The van der Waals surface area contributed by atoms with Crippen molar-refractivity contribution in [2.24, 2.45) is 5.92 Å². The van der Waals surface area contributed by atoms with Crippen LogP contribution in [0.15, 0.2) is 24.3 Å². The molecule has 0 heterocycles. The number of nitrogens with zero attached hydrogens (tertiary/aromatic N) is 2. The van der Waals surface area contributed by atoms with E-state index in [0.29, 0.717) is 6.54 Å². The summed E-state index contributed by atoms with van der Waals surface area (Å²) in [5.74, 6) is -0.350. The molecule has 4 nitrogen and oxygen atoms in total. The van der Waals surface area contributed by atoms with Crippen molar-refractivity contribution >= 4 is 11.7 Å². The number of nitriles is 1. The molecule has 1 aromatic carbocycles. The Bertz CT molecular complexity index is 537. The van der Waals surface area contributed by atoms with Crippen molar-refractivity contribution in [1.82, 2.24) is 4.90 Å². The summed E-state index contributed by atoms with van der Waals surface area (Å²) >= 11 is 0. The summed E-state index contributed by atoms with van der Waals surface area (Å²) < 4.78 is 37.8. The topological polar surface area (TPSA) is 56.1 Å². The van der Waals surface area contributed by atoms with Gasteiger partial charge in [-0.3, -0.25) is 0 Å². The van der Waals surface area contributed by atoms with Gasteiger partial charge in [0.2, 0.25) is 0 Å². The Kier molecular flexibility index (Phi) is 5.59. The molecule has 1 N–H and O–H groups in total. The lowest BCUT2D eigenvalue weighted by Gasteiger charge is -2.22. The van der Waals surface area contributed by atoms with Crippen LogP contribution in [-0.4, -0.2) is 24.0 Å². The molecule has 21 heavy (non-hydrogen) atoms. The number of nitrogens with one attached hydrogen (secondary N) is 1. The van der Waals surface area contributed by atoms with Crippen molar-refractivity contribution in [3.05, 3.63) is 29.8 Å². The molecule has 0 saturated heterocycles. The van der Waals surface area contributed by atoms with Crippen LogP contribution in [0.4, 0.5) is 23.7 Å². The fraction of sp³-hybridized carbons (Fsp3) is 0.429. The molecule has 1 atom stereocenters. The Balaban J connectivity index is 2.80. The lowest BCUT2D eigenvalue weighted by atomic mass is 10.2. The lowest BCUT2D eigenvalue weighted by molar-refractivity contribution is -0.137. The number of carbonyl (C=O) groups excluding carboxylic acids is 1. The molecule has 0 fully saturated rings. The normalized spacial score (nSPS) is 12.4. The molecule has 0 saturated carbocycles. The number of carbonyl (C=O) groups is 1. The summed E-state index contributed by atoms with van der Waals surface area (Å²) in [6.45, 7) is 3.98. The van der Waals surface area contributed by atoms with E-state index in [1.54, 1.807) is 13.8 Å². The average Bonchev–Trinajstić information content (AvgIpc) is 2.43. The van der Waals surface area contributed by atoms with Crippen molar-refractivity contribution in [2.75, 3.05) is 18.4 Å². The van der Waals surface area contributed by atoms with Gasteiger partial charge in [0, 0.05) is 18.8 Å². The fourth-order valence-electron chi connectivity index (χ4n) is 1.70. The number of hydrogen-bond acceptors (Lipinski definition) is 2. The highest BCUT2D eigenvalue weighted by Gasteiger charge is 2.30. The zero-order valence-electron chi connectivity index (χ0n) is 11.7. The first-order valence-electron chi connectivity index (χ1n) is 6.40. The van der Waals surface area contributed by atoms with E-state index < -0.39 is 17.8 Å². The fourth-order valence-corrected chi connectivity index (χ4v) is 1.70. The average molecular weight is 299 g/mol. The van der Waals surface area contributed by atoms with Gasteiger partial charge < -0.3 is 10.2 Å². The Morgan fingerprint density at radius 3 is 2.67 bits per heavy atom. The Hall–Kier alpha value is -2.23. The van der Waals surface area contributed by atoms with Crippen LogP contribution in [0.2, 0.25) is 0 Å². The second-order valence-corrected chi connectivity index (χ2v) is 4.58. The highest BCUT2D eigenvalue weighted by atomic mass is 19.4. The van der Waals surface area contributed by atoms with E-state index in [1.807, 2.05) is 6.07 Å². The van der Waals surface area contributed by atoms with E-state index in [4.69, 9.17) is 5.26 Å². The van der Waals surface area contributed by atoms with Crippen LogP contribution in [0.3, 0.4) is 0 Å². The molecule has 114 valence electrons. The molecule has 2 amide bonds. The molecule has 0 spiro atoms. The van der Waals surface area contributed by atoms with Gasteiger partial charge in [0.1, 0.15) is 0 Å². The van der Waals surface area contributed by atoms with Gasteiger partial charge in [-0.2, -0.15) is 18.4 Å². The maximum Gasteiger partial charge on any atom is 0.416 e. The number of benzene rings is 1. The molecule has 1 unspecified atom stereocenters. The van der Waals surface area contributed by atoms with Crippen molar-refractivity contribution in [2.45, 2.75) is 20.0 Å². The number of alkyl halides is 3. The van der Waals surface area contributed by atoms with Crippen molar-refractivity contribution in [1.29, 1.82) is 5.26 Å². The molecule has 0 radical (unpaired) electrons. The van der Waals surface area contributed by atoms with E-state index in [-0.39, 0.29) is 18.2 Å². The molecule has 0 aliphatic heterocycles. The van der Waals surface area contributed by atoms with Crippen LogP contribution >= 0.6 is 0 Å². The first kappa shape index (κ1) is 16.8. The standard InChI is InChI=1S/C14H16F3N3O/c1-3-20(9-10(2)8-18)13(21)19-12-6-4-5-11(7-12)14(15,16)17/h4-7,10H,3,9H2,1-2H3,(H,19,21). The Morgan fingerprint density at radius 2 is 2.14 bits per heavy atom. The predicted octanol–water partition coefficient (Wildman–Crippen LogP) is 3.72. The zero-order valence-corrected chi connectivity index (χ0v) is 11.7. The van der Waals surface area contributed by atoms with Gasteiger partial charge in [0.15, 0.2) is 0 Å². The molecule has 0 aliphatic carbocycles. The molecule has 1 aromatic rings. The van der Waals surface area contributed by atoms with E-state index >= 15 is 0 Å². The molecule has 0 aromatic heterocycles. The smallest absolute Gasteiger partial charge is 0.324 e. The van der Waals surface area contributed by atoms with E-state index in [1.165, 1.54) is 17.0 Å². The van der Waals surface area contributed by atoms with Gasteiger partial charge in [-0.05, 0) is 32.0 Å². The molecular formula is C14H16F3N3O. The van der Waals surface area contributed by atoms with Gasteiger partial charge in [-0.25, -0.2) is 4.79 Å². The quantitative estimate of drug-likeness (QED) is 0.921. The number of urea groups is 1. The van der Waals surface area contributed by atoms with Gasteiger partial charge in [0.05, 0.1) is 17.6 Å². The minimum absolute atomic E-state index is 0.0675. The van der Waals surface area contributed by atoms with Crippen LogP contribution in [0.1, 0.15) is 19.4 Å². The highest BCUT2D eigenvalue weighted by Crippen LogP contribution is 2.30. The molecule has 7 heteroatoms. The van der Waals surface area contributed by atoms with E-state index in [0.717, 1.165) is 12.1 Å². The van der Waals surface area contributed by atoms with Gasteiger partial charge in [-0.1, -0.05) is 6.07 Å². The first-order chi connectivity index (χ1) is 9.77. The largest absolute Gasteiger partial charge is 0.416 e. The minimum Gasteiger partial charge on any atom is -0.324 e. The Labute approximate surface area is 121 Å². The zero-order chi connectivity index (χ0) is 16.0. The molecule has 0 aliphatic rings. The summed E-state index contributed by atoms with van der Waals surface area (Å²) in [6, 6.07) is 5.90. The van der Waals surface area contributed by atoms with Gasteiger partial charge >= 0.3 is 12.2 Å². The minimum atomic E-state index is -4.46. The maximum absolute atomic E-state index is 12.6. The van der Waals surface area contributed by atoms with Gasteiger partial charge in [0.25, 0.3) is 0 Å². The van der Waals surface area contributed by atoms with Crippen LogP contribution < -0.4 is 5.32 Å². The highest BCUT2D eigenvalue weighted by molar-refractivity contribution is 5.89.